The number of nitrogens with zero attached hydrogens (tertiary/aromatic N) is 2. The lowest BCUT2D eigenvalue weighted by Gasteiger charge is -2.03. The Hall–Kier alpha value is -1.81. The van der Waals surface area contributed by atoms with Crippen LogP contribution in [0.2, 0.25) is 0 Å². The highest BCUT2D eigenvalue weighted by Gasteiger charge is 2.03. The van der Waals surface area contributed by atoms with Crippen molar-refractivity contribution >= 4 is 23.3 Å². The van der Waals surface area contributed by atoms with Gasteiger partial charge in [-0.15, -0.1) is 11.6 Å². The molecule has 0 fully saturated rings. The largest absolute Gasteiger partial charge is 0.308 e. The normalized spacial score (nSPS) is 10.3. The highest BCUT2D eigenvalue weighted by atomic mass is 35.5. The van der Waals surface area contributed by atoms with Gasteiger partial charge in [0, 0.05) is 12.3 Å². The molecule has 0 radical (unpaired) electrons. The first-order valence-corrected chi connectivity index (χ1v) is 6.15. The number of carbonyl (C=O) groups excluding carboxylic acids is 1. The zero-order chi connectivity index (χ0) is 13.0. The standard InChI is InChI=1S/C13H14ClN3O/c1-10-3-2-4-11(7-10)9-17-6-5-12(16-17)15-13(18)8-14/h2-7H,8-9H2,1H3,(H,15,16,18). The third-order valence-corrected chi connectivity index (χ3v) is 2.70. The van der Waals surface area contributed by atoms with Crippen LogP contribution in [0.25, 0.3) is 0 Å². The van der Waals surface area contributed by atoms with Gasteiger partial charge in [0.25, 0.3) is 0 Å². The molecular formula is C13H14ClN3O. The molecular weight excluding hydrogens is 250 g/mol. The predicted molar refractivity (Wildman–Crippen MR) is 71.9 cm³/mol. The van der Waals surface area contributed by atoms with Crippen molar-refractivity contribution in [1.29, 1.82) is 0 Å². The van der Waals surface area contributed by atoms with E-state index >= 15 is 0 Å². The maximum Gasteiger partial charge on any atom is 0.240 e. The zero-order valence-corrected chi connectivity index (χ0v) is 10.8. The lowest BCUT2D eigenvalue weighted by molar-refractivity contribution is -0.113. The number of hydrogen-bond donors (Lipinski definition) is 1. The fourth-order valence-electron chi connectivity index (χ4n) is 1.69. The van der Waals surface area contributed by atoms with Crippen molar-refractivity contribution in [3.05, 3.63) is 47.7 Å². The van der Waals surface area contributed by atoms with E-state index in [1.807, 2.05) is 18.3 Å². The van der Waals surface area contributed by atoms with Gasteiger partial charge < -0.3 is 5.32 Å². The minimum atomic E-state index is -0.252. The van der Waals surface area contributed by atoms with Crippen molar-refractivity contribution < 1.29 is 4.79 Å². The number of alkyl halides is 1. The topological polar surface area (TPSA) is 46.9 Å². The van der Waals surface area contributed by atoms with E-state index in [0.717, 1.165) is 0 Å². The van der Waals surface area contributed by atoms with Gasteiger partial charge in [-0.05, 0) is 12.5 Å². The molecule has 0 saturated carbocycles. The van der Waals surface area contributed by atoms with Crippen molar-refractivity contribution in [2.24, 2.45) is 0 Å². The Morgan fingerprint density at radius 2 is 2.28 bits per heavy atom. The van der Waals surface area contributed by atoms with Gasteiger partial charge in [0.1, 0.15) is 5.88 Å². The first-order valence-electron chi connectivity index (χ1n) is 5.62. The fourth-order valence-corrected chi connectivity index (χ4v) is 1.76. The summed E-state index contributed by atoms with van der Waals surface area (Å²) in [6.45, 7) is 2.73. The molecule has 1 aromatic heterocycles. The van der Waals surface area contributed by atoms with E-state index in [1.54, 1.807) is 10.7 Å². The Labute approximate surface area is 111 Å². The molecule has 1 heterocycles. The first kappa shape index (κ1) is 12.6. The molecule has 94 valence electrons. The Bertz CT molecular complexity index is 551. The van der Waals surface area contributed by atoms with E-state index in [0.29, 0.717) is 12.4 Å². The number of nitrogens with one attached hydrogen (secondary N) is 1. The van der Waals surface area contributed by atoms with Crippen molar-refractivity contribution in [1.82, 2.24) is 9.78 Å². The van der Waals surface area contributed by atoms with Crippen molar-refractivity contribution in [2.45, 2.75) is 13.5 Å². The summed E-state index contributed by atoms with van der Waals surface area (Å²) >= 11 is 5.41. The van der Waals surface area contributed by atoms with E-state index in [4.69, 9.17) is 11.6 Å². The van der Waals surface area contributed by atoms with Gasteiger partial charge in [-0.2, -0.15) is 5.10 Å². The molecule has 0 atom stereocenters. The van der Waals surface area contributed by atoms with Gasteiger partial charge in [-0.3, -0.25) is 9.48 Å². The van der Waals surface area contributed by atoms with E-state index in [2.05, 4.69) is 29.5 Å². The summed E-state index contributed by atoms with van der Waals surface area (Å²) in [6.07, 6.45) is 1.83. The number of amides is 1. The molecule has 2 aromatic rings. The number of halogens is 1. The molecule has 1 amide bonds. The molecule has 2 rings (SSSR count). The van der Waals surface area contributed by atoms with E-state index < -0.39 is 0 Å². The Kier molecular flexibility index (Phi) is 3.99. The Morgan fingerprint density at radius 1 is 1.44 bits per heavy atom. The lowest BCUT2D eigenvalue weighted by atomic mass is 10.1. The second kappa shape index (κ2) is 5.69. The fraction of sp³-hybridized carbons (Fsp3) is 0.231. The average molecular weight is 264 g/mol. The van der Waals surface area contributed by atoms with Crippen molar-refractivity contribution in [3.8, 4) is 0 Å². The van der Waals surface area contributed by atoms with E-state index in [9.17, 15) is 4.79 Å². The van der Waals surface area contributed by atoms with Crippen LogP contribution in [0.1, 0.15) is 11.1 Å². The van der Waals surface area contributed by atoms with Crippen LogP contribution in [0.5, 0.6) is 0 Å². The summed E-state index contributed by atoms with van der Waals surface area (Å²) in [4.78, 5) is 11.1. The minimum Gasteiger partial charge on any atom is -0.308 e. The minimum absolute atomic E-state index is 0.0647. The second-order valence-electron chi connectivity index (χ2n) is 4.07. The van der Waals surface area contributed by atoms with Crippen LogP contribution in [0, 0.1) is 6.92 Å². The zero-order valence-electron chi connectivity index (χ0n) is 10.1. The molecule has 5 heteroatoms. The summed E-state index contributed by atoms with van der Waals surface area (Å²) in [5.41, 5.74) is 2.39. The van der Waals surface area contributed by atoms with Gasteiger partial charge >= 0.3 is 0 Å². The van der Waals surface area contributed by atoms with E-state index in [-0.39, 0.29) is 11.8 Å². The van der Waals surface area contributed by atoms with Gasteiger partial charge in [0.2, 0.25) is 5.91 Å². The van der Waals surface area contributed by atoms with Crippen LogP contribution >= 0.6 is 11.6 Å². The number of aryl methyl sites for hydroxylation is 1. The third-order valence-electron chi connectivity index (χ3n) is 2.46. The maximum atomic E-state index is 11.1. The van der Waals surface area contributed by atoms with Gasteiger partial charge in [-0.25, -0.2) is 0 Å². The average Bonchev–Trinajstić information content (AvgIpc) is 2.76. The SMILES string of the molecule is Cc1cccc(Cn2ccc(NC(=O)CCl)n2)c1. The molecule has 0 aliphatic rings. The molecule has 0 aliphatic carbocycles. The number of anilines is 1. The smallest absolute Gasteiger partial charge is 0.240 e. The molecule has 1 aromatic carbocycles. The van der Waals surface area contributed by atoms with Gasteiger partial charge in [0.05, 0.1) is 6.54 Å². The van der Waals surface area contributed by atoms with Crippen molar-refractivity contribution in [3.63, 3.8) is 0 Å². The van der Waals surface area contributed by atoms with Crippen LogP contribution in [0.4, 0.5) is 5.82 Å². The molecule has 0 unspecified atom stereocenters. The highest BCUT2D eigenvalue weighted by Crippen LogP contribution is 2.08. The van der Waals surface area contributed by atoms with Crippen LogP contribution in [0.15, 0.2) is 36.5 Å². The Balaban J connectivity index is 2.04. The number of rotatable bonds is 4. The Morgan fingerprint density at radius 3 is 3.00 bits per heavy atom. The highest BCUT2D eigenvalue weighted by molar-refractivity contribution is 6.28. The number of carbonyl (C=O) groups is 1. The molecule has 4 nitrogen and oxygen atoms in total. The predicted octanol–water partition coefficient (Wildman–Crippen LogP) is 2.42. The number of hydrogen-bond acceptors (Lipinski definition) is 2. The molecule has 0 bridgehead atoms. The number of benzene rings is 1. The quantitative estimate of drug-likeness (QED) is 0.861. The molecule has 0 saturated heterocycles. The molecule has 0 spiro atoms. The summed E-state index contributed by atoms with van der Waals surface area (Å²) < 4.78 is 1.78. The van der Waals surface area contributed by atoms with Crippen molar-refractivity contribution in [2.75, 3.05) is 11.2 Å². The summed E-state index contributed by atoms with van der Waals surface area (Å²) in [7, 11) is 0. The summed E-state index contributed by atoms with van der Waals surface area (Å²) in [5, 5.41) is 6.86. The lowest BCUT2D eigenvalue weighted by Crippen LogP contribution is -2.13. The van der Waals surface area contributed by atoms with Crippen LogP contribution in [0.3, 0.4) is 0 Å². The van der Waals surface area contributed by atoms with Crippen LogP contribution in [-0.2, 0) is 11.3 Å². The molecule has 18 heavy (non-hydrogen) atoms. The van der Waals surface area contributed by atoms with Gasteiger partial charge in [0.15, 0.2) is 5.82 Å². The van der Waals surface area contributed by atoms with Crippen LogP contribution in [-0.4, -0.2) is 21.6 Å². The number of aromatic nitrogens is 2. The monoisotopic (exact) mass is 263 g/mol. The molecule has 1 N–H and O–H groups in total. The first-order chi connectivity index (χ1) is 8.67. The third kappa shape index (κ3) is 3.34. The second-order valence-corrected chi connectivity index (χ2v) is 4.34. The summed E-state index contributed by atoms with van der Waals surface area (Å²) in [5.74, 6) is 0.204. The molecule has 0 aliphatic heterocycles. The van der Waals surface area contributed by atoms with Gasteiger partial charge in [-0.1, -0.05) is 29.8 Å². The maximum absolute atomic E-state index is 11.1. The van der Waals surface area contributed by atoms with E-state index in [1.165, 1.54) is 11.1 Å². The summed E-state index contributed by atoms with van der Waals surface area (Å²) in [6, 6.07) is 9.98. The van der Waals surface area contributed by atoms with Crippen LogP contribution < -0.4 is 5.32 Å².